The van der Waals surface area contributed by atoms with Crippen LogP contribution in [0.15, 0.2) is 0 Å². The van der Waals surface area contributed by atoms with Crippen molar-refractivity contribution in [1.29, 1.82) is 0 Å². The summed E-state index contributed by atoms with van der Waals surface area (Å²) in [7, 11) is 0. The summed E-state index contributed by atoms with van der Waals surface area (Å²) < 4.78 is 0. The Morgan fingerprint density at radius 1 is 0.944 bits per heavy atom. The molecule has 2 rings (SSSR count). The lowest BCUT2D eigenvalue weighted by atomic mass is 9.66. The third-order valence-electron chi connectivity index (χ3n) is 5.75. The molecular weight excluding hydrogens is 220 g/mol. The van der Waals surface area contributed by atoms with Crippen LogP contribution in [0.5, 0.6) is 0 Å². The first-order valence-corrected chi connectivity index (χ1v) is 8.39. The van der Waals surface area contributed by atoms with Crippen LogP contribution >= 0.6 is 0 Å². The summed E-state index contributed by atoms with van der Waals surface area (Å²) in [6.45, 7) is 4.59. The molecule has 0 saturated heterocycles. The third-order valence-corrected chi connectivity index (χ3v) is 5.75. The molecule has 2 saturated carbocycles. The third kappa shape index (κ3) is 3.10. The standard InChI is InChI=1S/C17H32O/c1-3-14(2)13-17(18,16-11-7-8-12-16)15-9-5-4-6-10-15/h14-16,18H,3-13H2,1-2H3. The number of hydrogen-bond donors (Lipinski definition) is 1. The summed E-state index contributed by atoms with van der Waals surface area (Å²) in [6, 6.07) is 0. The smallest absolute Gasteiger partial charge is 0.0706 e. The van der Waals surface area contributed by atoms with Gasteiger partial charge in [0.2, 0.25) is 0 Å². The van der Waals surface area contributed by atoms with Gasteiger partial charge < -0.3 is 5.11 Å². The molecule has 1 nitrogen and oxygen atoms in total. The van der Waals surface area contributed by atoms with Crippen molar-refractivity contribution >= 4 is 0 Å². The molecule has 1 heteroatoms. The predicted molar refractivity (Wildman–Crippen MR) is 77.6 cm³/mol. The maximum absolute atomic E-state index is 11.4. The molecule has 0 amide bonds. The van der Waals surface area contributed by atoms with Crippen LogP contribution in [0.1, 0.15) is 84.5 Å². The largest absolute Gasteiger partial charge is 0.389 e. The molecular formula is C17H32O. The van der Waals surface area contributed by atoms with Crippen LogP contribution in [0.25, 0.3) is 0 Å². The van der Waals surface area contributed by atoms with E-state index in [0.717, 1.165) is 6.42 Å². The maximum Gasteiger partial charge on any atom is 0.0706 e. The van der Waals surface area contributed by atoms with Crippen LogP contribution in [0.2, 0.25) is 0 Å². The first-order chi connectivity index (χ1) is 8.66. The monoisotopic (exact) mass is 252 g/mol. The Morgan fingerprint density at radius 2 is 1.39 bits per heavy atom. The quantitative estimate of drug-likeness (QED) is 0.736. The van der Waals surface area contributed by atoms with Crippen molar-refractivity contribution in [3.63, 3.8) is 0 Å². The molecule has 18 heavy (non-hydrogen) atoms. The van der Waals surface area contributed by atoms with Gasteiger partial charge in [0.05, 0.1) is 5.60 Å². The van der Waals surface area contributed by atoms with E-state index in [-0.39, 0.29) is 5.60 Å². The molecule has 0 aliphatic heterocycles. The second-order valence-electron chi connectivity index (χ2n) is 7.03. The van der Waals surface area contributed by atoms with E-state index in [9.17, 15) is 5.11 Å². The van der Waals surface area contributed by atoms with Crippen LogP contribution in [-0.2, 0) is 0 Å². The van der Waals surface area contributed by atoms with E-state index in [0.29, 0.717) is 17.8 Å². The van der Waals surface area contributed by atoms with E-state index in [2.05, 4.69) is 13.8 Å². The van der Waals surface area contributed by atoms with Crippen LogP contribution in [0.4, 0.5) is 0 Å². The average Bonchev–Trinajstić information content (AvgIpc) is 2.94. The Hall–Kier alpha value is -0.0400. The minimum absolute atomic E-state index is 0.327. The van der Waals surface area contributed by atoms with E-state index < -0.39 is 0 Å². The summed E-state index contributed by atoms with van der Waals surface area (Å²) in [5.41, 5.74) is -0.327. The Kier molecular flexibility index (Phi) is 5.12. The molecule has 0 aromatic heterocycles. The average molecular weight is 252 g/mol. The minimum Gasteiger partial charge on any atom is -0.389 e. The van der Waals surface area contributed by atoms with Gasteiger partial charge in [-0.25, -0.2) is 0 Å². The number of aliphatic hydroxyl groups is 1. The van der Waals surface area contributed by atoms with Crippen molar-refractivity contribution in [2.24, 2.45) is 17.8 Å². The van der Waals surface area contributed by atoms with Crippen LogP contribution in [-0.4, -0.2) is 10.7 Å². The van der Waals surface area contributed by atoms with Gasteiger partial charge in [-0.3, -0.25) is 0 Å². The van der Waals surface area contributed by atoms with Crippen LogP contribution in [0.3, 0.4) is 0 Å². The van der Waals surface area contributed by atoms with E-state index in [1.165, 1.54) is 64.2 Å². The van der Waals surface area contributed by atoms with Gasteiger partial charge in [-0.15, -0.1) is 0 Å². The second-order valence-corrected chi connectivity index (χ2v) is 7.03. The highest BCUT2D eigenvalue weighted by molar-refractivity contribution is 4.96. The Labute approximate surface area is 113 Å². The maximum atomic E-state index is 11.4. The van der Waals surface area contributed by atoms with Gasteiger partial charge in [0.15, 0.2) is 0 Å². The van der Waals surface area contributed by atoms with Crippen molar-refractivity contribution in [3.8, 4) is 0 Å². The highest BCUT2D eigenvalue weighted by Gasteiger charge is 2.45. The van der Waals surface area contributed by atoms with Gasteiger partial charge in [0.25, 0.3) is 0 Å². The van der Waals surface area contributed by atoms with Crippen LogP contribution in [0, 0.1) is 17.8 Å². The van der Waals surface area contributed by atoms with Crippen molar-refractivity contribution in [2.75, 3.05) is 0 Å². The van der Waals surface area contributed by atoms with Crippen molar-refractivity contribution in [3.05, 3.63) is 0 Å². The second kappa shape index (κ2) is 6.41. The number of hydrogen-bond acceptors (Lipinski definition) is 1. The van der Waals surface area contributed by atoms with E-state index in [1.807, 2.05) is 0 Å². The van der Waals surface area contributed by atoms with Crippen LogP contribution < -0.4 is 0 Å². The van der Waals surface area contributed by atoms with Gasteiger partial charge in [-0.2, -0.15) is 0 Å². The fourth-order valence-corrected chi connectivity index (χ4v) is 4.40. The number of rotatable bonds is 5. The molecule has 2 fully saturated rings. The molecule has 0 radical (unpaired) electrons. The molecule has 0 aromatic rings. The fourth-order valence-electron chi connectivity index (χ4n) is 4.40. The summed E-state index contributed by atoms with van der Waals surface area (Å²) in [5.74, 6) is 1.88. The predicted octanol–water partition coefficient (Wildman–Crippen LogP) is 4.92. The lowest BCUT2D eigenvalue weighted by Gasteiger charge is -2.44. The first-order valence-electron chi connectivity index (χ1n) is 8.39. The highest BCUT2D eigenvalue weighted by atomic mass is 16.3. The van der Waals surface area contributed by atoms with Gasteiger partial charge in [-0.1, -0.05) is 52.4 Å². The Morgan fingerprint density at radius 3 is 1.83 bits per heavy atom. The highest BCUT2D eigenvalue weighted by Crippen LogP contribution is 2.46. The van der Waals surface area contributed by atoms with Crippen molar-refractivity contribution in [2.45, 2.75) is 90.1 Å². The van der Waals surface area contributed by atoms with Gasteiger partial charge in [0, 0.05) is 0 Å². The summed E-state index contributed by atoms with van der Waals surface area (Å²) in [4.78, 5) is 0. The van der Waals surface area contributed by atoms with Gasteiger partial charge >= 0.3 is 0 Å². The fraction of sp³-hybridized carbons (Fsp3) is 1.00. The molecule has 0 bridgehead atoms. The lowest BCUT2D eigenvalue weighted by molar-refractivity contribution is -0.0950. The molecule has 106 valence electrons. The first kappa shape index (κ1) is 14.4. The Balaban J connectivity index is 2.08. The molecule has 2 aliphatic rings. The molecule has 2 unspecified atom stereocenters. The molecule has 0 spiro atoms. The lowest BCUT2D eigenvalue weighted by Crippen LogP contribution is -2.46. The SMILES string of the molecule is CCC(C)CC(O)(C1CCCCC1)C1CCCC1. The summed E-state index contributed by atoms with van der Waals surface area (Å²) >= 11 is 0. The topological polar surface area (TPSA) is 20.2 Å². The molecule has 0 heterocycles. The van der Waals surface area contributed by atoms with Gasteiger partial charge in [-0.05, 0) is 49.9 Å². The normalized spacial score (nSPS) is 28.2. The zero-order chi connectivity index (χ0) is 13.0. The zero-order valence-electron chi connectivity index (χ0n) is 12.5. The van der Waals surface area contributed by atoms with Crippen molar-refractivity contribution in [1.82, 2.24) is 0 Å². The minimum atomic E-state index is -0.327. The van der Waals surface area contributed by atoms with E-state index in [1.54, 1.807) is 0 Å². The van der Waals surface area contributed by atoms with E-state index >= 15 is 0 Å². The Bertz CT molecular complexity index is 238. The zero-order valence-corrected chi connectivity index (χ0v) is 12.5. The van der Waals surface area contributed by atoms with Crippen molar-refractivity contribution < 1.29 is 5.11 Å². The molecule has 0 aromatic carbocycles. The molecule has 2 atom stereocenters. The molecule has 1 N–H and O–H groups in total. The van der Waals surface area contributed by atoms with E-state index in [4.69, 9.17) is 0 Å². The summed E-state index contributed by atoms with van der Waals surface area (Å²) in [5, 5.41) is 11.4. The molecule has 2 aliphatic carbocycles. The summed E-state index contributed by atoms with van der Waals surface area (Å²) in [6.07, 6.45) is 14.2. The van der Waals surface area contributed by atoms with Gasteiger partial charge in [0.1, 0.15) is 0 Å².